The van der Waals surface area contributed by atoms with E-state index in [4.69, 9.17) is 0 Å². The number of nitrogens with zero attached hydrogens (tertiary/aromatic N) is 4. The van der Waals surface area contributed by atoms with Crippen molar-refractivity contribution in [2.75, 3.05) is 11.9 Å². The molecule has 3 heterocycles. The Bertz CT molecular complexity index is 590. The second kappa shape index (κ2) is 4.16. The Morgan fingerprint density at radius 2 is 2.26 bits per heavy atom. The van der Waals surface area contributed by atoms with E-state index < -0.39 is 0 Å². The first kappa shape index (κ1) is 11.2. The molecule has 6 heteroatoms. The number of hydrogen-bond donors (Lipinski definition) is 2. The van der Waals surface area contributed by atoms with Crippen molar-refractivity contribution in [1.82, 2.24) is 25.1 Å². The molecular formula is C13H18N6. The molecule has 2 N–H and O–H groups in total. The molecule has 2 fully saturated rings. The lowest BCUT2D eigenvalue weighted by molar-refractivity contribution is 0.257. The van der Waals surface area contributed by atoms with Crippen LogP contribution in [0.25, 0.3) is 11.0 Å². The summed E-state index contributed by atoms with van der Waals surface area (Å²) in [5, 5.41) is 11.4. The first-order chi connectivity index (χ1) is 9.31. The minimum Gasteiger partial charge on any atom is -0.365 e. The minimum absolute atomic E-state index is 0.476. The SMILES string of the molecule is CC1CC(Nc2ncnc3[nH]ncc23)CN1C1CC1. The molecule has 1 saturated carbocycles. The van der Waals surface area contributed by atoms with Crippen LogP contribution in [-0.4, -0.2) is 49.7 Å². The smallest absolute Gasteiger partial charge is 0.160 e. The molecule has 100 valence electrons. The second-order valence-electron chi connectivity index (χ2n) is 5.71. The number of rotatable bonds is 3. The lowest BCUT2D eigenvalue weighted by atomic mass is 10.2. The van der Waals surface area contributed by atoms with Crippen LogP contribution in [0.2, 0.25) is 0 Å². The van der Waals surface area contributed by atoms with Crippen LogP contribution in [0.1, 0.15) is 26.2 Å². The number of anilines is 1. The van der Waals surface area contributed by atoms with E-state index >= 15 is 0 Å². The van der Waals surface area contributed by atoms with Gasteiger partial charge in [-0.15, -0.1) is 0 Å². The third kappa shape index (κ3) is 1.96. The summed E-state index contributed by atoms with van der Waals surface area (Å²) in [6, 6.07) is 1.98. The summed E-state index contributed by atoms with van der Waals surface area (Å²) in [4.78, 5) is 11.1. The maximum absolute atomic E-state index is 4.35. The van der Waals surface area contributed by atoms with E-state index in [2.05, 4.69) is 37.3 Å². The quantitative estimate of drug-likeness (QED) is 0.870. The standard InChI is InChI=1S/C13H18N6/c1-8-4-9(6-19(8)10-2-3-10)17-12-11-5-16-18-13(11)15-7-14-12/h5,7-10H,2-4,6H2,1H3,(H2,14,15,16,17,18). The highest BCUT2D eigenvalue weighted by Gasteiger charge is 2.38. The van der Waals surface area contributed by atoms with Gasteiger partial charge in [-0.3, -0.25) is 10.00 Å². The molecule has 4 rings (SSSR count). The summed E-state index contributed by atoms with van der Waals surface area (Å²) in [5.74, 6) is 0.897. The van der Waals surface area contributed by atoms with E-state index in [9.17, 15) is 0 Å². The highest BCUT2D eigenvalue weighted by molar-refractivity contribution is 5.85. The Morgan fingerprint density at radius 3 is 3.11 bits per heavy atom. The second-order valence-corrected chi connectivity index (χ2v) is 5.71. The molecule has 1 aliphatic carbocycles. The third-order valence-corrected chi connectivity index (χ3v) is 4.23. The van der Waals surface area contributed by atoms with Gasteiger partial charge in [0.2, 0.25) is 0 Å². The van der Waals surface area contributed by atoms with Crippen LogP contribution >= 0.6 is 0 Å². The van der Waals surface area contributed by atoms with Crippen molar-refractivity contribution in [3.8, 4) is 0 Å². The predicted octanol–water partition coefficient (Wildman–Crippen LogP) is 1.39. The first-order valence-corrected chi connectivity index (χ1v) is 6.97. The molecule has 1 saturated heterocycles. The molecule has 0 radical (unpaired) electrons. The van der Waals surface area contributed by atoms with Crippen molar-refractivity contribution in [1.29, 1.82) is 0 Å². The number of aromatic amines is 1. The molecule has 2 unspecified atom stereocenters. The molecule has 6 nitrogen and oxygen atoms in total. The number of H-pyrrole nitrogens is 1. The van der Waals surface area contributed by atoms with Gasteiger partial charge in [0.25, 0.3) is 0 Å². The summed E-state index contributed by atoms with van der Waals surface area (Å²) < 4.78 is 0. The molecule has 2 aliphatic rings. The Hall–Kier alpha value is -1.69. The van der Waals surface area contributed by atoms with Crippen LogP contribution < -0.4 is 5.32 Å². The largest absolute Gasteiger partial charge is 0.365 e. The van der Waals surface area contributed by atoms with Gasteiger partial charge < -0.3 is 5.32 Å². The number of likely N-dealkylation sites (tertiary alicyclic amines) is 1. The van der Waals surface area contributed by atoms with Crippen molar-refractivity contribution < 1.29 is 0 Å². The van der Waals surface area contributed by atoms with Crippen LogP contribution in [0, 0.1) is 0 Å². The van der Waals surface area contributed by atoms with Gasteiger partial charge in [0, 0.05) is 24.7 Å². The predicted molar refractivity (Wildman–Crippen MR) is 72.9 cm³/mol. The Labute approximate surface area is 111 Å². The number of fused-ring (bicyclic) bond motifs is 1. The Balaban J connectivity index is 1.54. The Morgan fingerprint density at radius 1 is 1.37 bits per heavy atom. The molecule has 1 aliphatic heterocycles. The van der Waals surface area contributed by atoms with E-state index in [1.165, 1.54) is 19.3 Å². The molecule has 2 aromatic rings. The highest BCUT2D eigenvalue weighted by atomic mass is 15.3. The van der Waals surface area contributed by atoms with Crippen LogP contribution in [-0.2, 0) is 0 Å². The van der Waals surface area contributed by atoms with Crippen molar-refractivity contribution >= 4 is 16.9 Å². The van der Waals surface area contributed by atoms with Crippen molar-refractivity contribution in [2.24, 2.45) is 0 Å². The van der Waals surface area contributed by atoms with Gasteiger partial charge >= 0.3 is 0 Å². The van der Waals surface area contributed by atoms with E-state index in [0.717, 1.165) is 29.4 Å². The van der Waals surface area contributed by atoms with Crippen molar-refractivity contribution in [3.05, 3.63) is 12.5 Å². The molecule has 2 aromatic heterocycles. The average molecular weight is 258 g/mol. The van der Waals surface area contributed by atoms with Gasteiger partial charge in [-0.25, -0.2) is 9.97 Å². The Kier molecular flexibility index (Phi) is 2.44. The monoisotopic (exact) mass is 258 g/mol. The zero-order valence-electron chi connectivity index (χ0n) is 11.0. The maximum atomic E-state index is 4.35. The van der Waals surface area contributed by atoms with E-state index in [-0.39, 0.29) is 0 Å². The van der Waals surface area contributed by atoms with Gasteiger partial charge in [-0.2, -0.15) is 5.10 Å². The lowest BCUT2D eigenvalue weighted by Crippen LogP contribution is -2.31. The topological polar surface area (TPSA) is 69.7 Å². The minimum atomic E-state index is 0.476. The van der Waals surface area contributed by atoms with Crippen LogP contribution in [0.5, 0.6) is 0 Å². The van der Waals surface area contributed by atoms with Crippen LogP contribution in [0.15, 0.2) is 12.5 Å². The van der Waals surface area contributed by atoms with E-state index in [0.29, 0.717) is 12.1 Å². The summed E-state index contributed by atoms with van der Waals surface area (Å²) in [5.41, 5.74) is 0.794. The van der Waals surface area contributed by atoms with Gasteiger partial charge in [0.05, 0.1) is 11.6 Å². The zero-order valence-corrected chi connectivity index (χ0v) is 11.0. The zero-order chi connectivity index (χ0) is 12.8. The third-order valence-electron chi connectivity index (χ3n) is 4.23. The molecule has 19 heavy (non-hydrogen) atoms. The molecule has 0 bridgehead atoms. The van der Waals surface area contributed by atoms with Crippen molar-refractivity contribution in [3.63, 3.8) is 0 Å². The summed E-state index contributed by atoms with van der Waals surface area (Å²) in [7, 11) is 0. The van der Waals surface area contributed by atoms with Gasteiger partial charge in [0.1, 0.15) is 12.1 Å². The average Bonchev–Trinajstić information content (AvgIpc) is 3.00. The summed E-state index contributed by atoms with van der Waals surface area (Å²) >= 11 is 0. The van der Waals surface area contributed by atoms with Gasteiger partial charge in [-0.1, -0.05) is 0 Å². The number of nitrogens with one attached hydrogen (secondary N) is 2. The molecule has 2 atom stereocenters. The van der Waals surface area contributed by atoms with E-state index in [1.807, 2.05) is 0 Å². The highest BCUT2D eigenvalue weighted by Crippen LogP contribution is 2.34. The fraction of sp³-hybridized carbons (Fsp3) is 0.615. The number of hydrogen-bond acceptors (Lipinski definition) is 5. The molecule has 0 spiro atoms. The molecule has 0 amide bonds. The van der Waals surface area contributed by atoms with Crippen molar-refractivity contribution in [2.45, 2.75) is 44.3 Å². The summed E-state index contributed by atoms with van der Waals surface area (Å²) in [6.45, 7) is 3.45. The van der Waals surface area contributed by atoms with Crippen LogP contribution in [0.4, 0.5) is 5.82 Å². The van der Waals surface area contributed by atoms with Crippen LogP contribution in [0.3, 0.4) is 0 Å². The summed E-state index contributed by atoms with van der Waals surface area (Å²) in [6.07, 6.45) is 7.29. The van der Waals surface area contributed by atoms with Gasteiger partial charge in [0.15, 0.2) is 5.65 Å². The molecular weight excluding hydrogens is 240 g/mol. The molecule has 0 aromatic carbocycles. The first-order valence-electron chi connectivity index (χ1n) is 6.97. The van der Waals surface area contributed by atoms with E-state index in [1.54, 1.807) is 12.5 Å². The van der Waals surface area contributed by atoms with Gasteiger partial charge in [-0.05, 0) is 26.2 Å². The lowest BCUT2D eigenvalue weighted by Gasteiger charge is -2.19. The maximum Gasteiger partial charge on any atom is 0.160 e. The fourth-order valence-electron chi connectivity index (χ4n) is 3.15. The number of aromatic nitrogens is 4. The fourth-order valence-corrected chi connectivity index (χ4v) is 3.15. The normalized spacial score (nSPS) is 28.1.